The fraction of sp³-hybridized carbons (Fsp3) is 0. The number of aromatic nitrogens is 1. The number of hydrogen-bond donors (Lipinski definition) is 2. The van der Waals surface area contributed by atoms with Crippen LogP contribution in [-0.2, 0) is 0 Å². The van der Waals surface area contributed by atoms with Crippen molar-refractivity contribution < 1.29 is 4.52 Å². The summed E-state index contributed by atoms with van der Waals surface area (Å²) in [5.74, 6) is 0. The van der Waals surface area contributed by atoms with Crippen LogP contribution in [0.25, 0.3) is 10.9 Å². The minimum Gasteiger partial charge on any atom is -0.364 e. The molecule has 0 aliphatic heterocycles. The first-order valence-electron chi connectivity index (χ1n) is 5.88. The van der Waals surface area contributed by atoms with E-state index in [0.717, 1.165) is 22.3 Å². The van der Waals surface area contributed by atoms with E-state index in [-0.39, 0.29) is 0 Å². The quantitative estimate of drug-likeness (QED) is 0.692. The van der Waals surface area contributed by atoms with Crippen LogP contribution >= 0.6 is 23.8 Å². The molecule has 100 valence electrons. The number of benzene rings is 2. The van der Waals surface area contributed by atoms with Crippen LogP contribution in [0.2, 0.25) is 5.02 Å². The molecule has 0 unspecified atom stereocenters. The van der Waals surface area contributed by atoms with Crippen molar-refractivity contribution in [1.29, 1.82) is 0 Å². The van der Waals surface area contributed by atoms with E-state index in [1.165, 1.54) is 0 Å². The van der Waals surface area contributed by atoms with Crippen molar-refractivity contribution in [2.45, 2.75) is 0 Å². The molecule has 0 saturated carbocycles. The summed E-state index contributed by atoms with van der Waals surface area (Å²) >= 11 is 11.2. The molecule has 0 radical (unpaired) electrons. The van der Waals surface area contributed by atoms with E-state index in [0.29, 0.717) is 10.1 Å². The Kier molecular flexibility index (Phi) is 3.54. The SMILES string of the molecule is S=C(Nc1cccc(Cl)c1)Nc1ccc2conc2c1. The first-order valence-corrected chi connectivity index (χ1v) is 6.67. The highest BCUT2D eigenvalue weighted by Crippen LogP contribution is 2.19. The zero-order valence-corrected chi connectivity index (χ0v) is 11.8. The predicted octanol–water partition coefficient (Wildman–Crippen LogP) is 4.29. The van der Waals surface area contributed by atoms with Gasteiger partial charge >= 0.3 is 0 Å². The molecule has 0 bridgehead atoms. The molecule has 1 heterocycles. The van der Waals surface area contributed by atoms with Gasteiger partial charge in [0, 0.05) is 21.8 Å². The fourth-order valence-corrected chi connectivity index (χ4v) is 2.23. The van der Waals surface area contributed by atoms with Gasteiger partial charge in [-0.15, -0.1) is 0 Å². The summed E-state index contributed by atoms with van der Waals surface area (Å²) in [7, 11) is 0. The number of fused-ring (bicyclic) bond motifs is 1. The molecule has 0 fully saturated rings. The number of nitrogens with zero attached hydrogens (tertiary/aromatic N) is 1. The fourth-order valence-electron chi connectivity index (χ4n) is 1.80. The minimum absolute atomic E-state index is 0.482. The highest BCUT2D eigenvalue weighted by Gasteiger charge is 2.02. The van der Waals surface area contributed by atoms with Gasteiger partial charge in [-0.2, -0.15) is 0 Å². The van der Waals surface area contributed by atoms with E-state index in [9.17, 15) is 0 Å². The van der Waals surface area contributed by atoms with Crippen molar-refractivity contribution in [3.05, 3.63) is 53.8 Å². The van der Waals surface area contributed by atoms with Crippen LogP contribution in [0.15, 0.2) is 53.3 Å². The molecule has 0 saturated heterocycles. The van der Waals surface area contributed by atoms with Gasteiger partial charge in [0.25, 0.3) is 0 Å². The topological polar surface area (TPSA) is 50.1 Å². The van der Waals surface area contributed by atoms with E-state index in [1.807, 2.05) is 36.4 Å². The van der Waals surface area contributed by atoms with Crippen LogP contribution in [-0.4, -0.2) is 10.3 Å². The van der Waals surface area contributed by atoms with Gasteiger partial charge in [-0.1, -0.05) is 22.8 Å². The number of halogens is 1. The lowest BCUT2D eigenvalue weighted by molar-refractivity contribution is 0.428. The Morgan fingerprint density at radius 2 is 1.90 bits per heavy atom. The summed E-state index contributed by atoms with van der Waals surface area (Å²) in [5, 5.41) is 12.1. The second-order valence-electron chi connectivity index (χ2n) is 4.18. The lowest BCUT2D eigenvalue weighted by atomic mass is 10.2. The summed E-state index contributed by atoms with van der Waals surface area (Å²) in [6.07, 6.45) is 1.60. The van der Waals surface area contributed by atoms with Gasteiger partial charge in [0.15, 0.2) is 5.11 Å². The largest absolute Gasteiger partial charge is 0.364 e. The summed E-state index contributed by atoms with van der Waals surface area (Å²) in [5.41, 5.74) is 2.45. The molecule has 1 aromatic heterocycles. The standard InChI is InChI=1S/C14H10ClN3OS/c15-10-2-1-3-11(6-10)16-14(20)17-12-5-4-9-8-19-18-13(9)7-12/h1-8H,(H2,16,17,20). The average molecular weight is 304 g/mol. The summed E-state index contributed by atoms with van der Waals surface area (Å²) in [6, 6.07) is 13.0. The third-order valence-electron chi connectivity index (χ3n) is 2.70. The molecule has 0 aliphatic rings. The Balaban J connectivity index is 1.72. The van der Waals surface area contributed by atoms with Crippen LogP contribution < -0.4 is 10.6 Å². The van der Waals surface area contributed by atoms with Gasteiger partial charge < -0.3 is 15.2 Å². The van der Waals surface area contributed by atoms with Crippen LogP contribution in [0.3, 0.4) is 0 Å². The maximum Gasteiger partial charge on any atom is 0.175 e. The second kappa shape index (κ2) is 5.48. The van der Waals surface area contributed by atoms with Gasteiger partial charge in [0.2, 0.25) is 0 Å². The van der Waals surface area contributed by atoms with Gasteiger partial charge in [-0.3, -0.25) is 0 Å². The lowest BCUT2D eigenvalue weighted by Crippen LogP contribution is -2.18. The molecule has 0 atom stereocenters. The first kappa shape index (κ1) is 12.9. The van der Waals surface area contributed by atoms with E-state index in [1.54, 1.807) is 12.3 Å². The van der Waals surface area contributed by atoms with Crippen molar-refractivity contribution in [2.75, 3.05) is 10.6 Å². The van der Waals surface area contributed by atoms with Gasteiger partial charge in [0.05, 0.1) is 0 Å². The number of hydrogen-bond acceptors (Lipinski definition) is 3. The van der Waals surface area contributed by atoms with Gasteiger partial charge in [0.1, 0.15) is 11.8 Å². The zero-order valence-electron chi connectivity index (χ0n) is 10.3. The number of nitrogens with one attached hydrogen (secondary N) is 2. The normalized spacial score (nSPS) is 10.4. The predicted molar refractivity (Wildman–Crippen MR) is 85.3 cm³/mol. The summed E-state index contributed by atoms with van der Waals surface area (Å²) in [6.45, 7) is 0. The molecule has 2 aromatic carbocycles. The van der Waals surface area contributed by atoms with E-state index >= 15 is 0 Å². The Morgan fingerprint density at radius 3 is 2.70 bits per heavy atom. The highest BCUT2D eigenvalue weighted by molar-refractivity contribution is 7.80. The van der Waals surface area contributed by atoms with E-state index < -0.39 is 0 Å². The number of rotatable bonds is 2. The van der Waals surface area contributed by atoms with Crippen molar-refractivity contribution in [2.24, 2.45) is 0 Å². The third kappa shape index (κ3) is 2.89. The summed E-state index contributed by atoms with van der Waals surface area (Å²) < 4.78 is 4.89. The van der Waals surface area contributed by atoms with Gasteiger partial charge in [-0.05, 0) is 48.6 Å². The molecule has 4 nitrogen and oxygen atoms in total. The van der Waals surface area contributed by atoms with Crippen LogP contribution in [0.4, 0.5) is 11.4 Å². The van der Waals surface area contributed by atoms with E-state index in [4.69, 9.17) is 28.3 Å². The molecule has 0 spiro atoms. The smallest absolute Gasteiger partial charge is 0.175 e. The maximum absolute atomic E-state index is 5.92. The van der Waals surface area contributed by atoms with Crippen molar-refractivity contribution in [1.82, 2.24) is 5.16 Å². The minimum atomic E-state index is 0.482. The maximum atomic E-state index is 5.92. The first-order chi connectivity index (χ1) is 9.70. The van der Waals surface area contributed by atoms with Crippen molar-refractivity contribution >= 4 is 51.2 Å². The molecule has 0 aliphatic carbocycles. The van der Waals surface area contributed by atoms with Crippen molar-refractivity contribution in [3.63, 3.8) is 0 Å². The molecule has 3 rings (SSSR count). The lowest BCUT2D eigenvalue weighted by Gasteiger charge is -2.10. The number of anilines is 2. The zero-order chi connectivity index (χ0) is 13.9. The molecular weight excluding hydrogens is 294 g/mol. The van der Waals surface area contributed by atoms with E-state index in [2.05, 4.69) is 15.8 Å². The second-order valence-corrected chi connectivity index (χ2v) is 5.02. The Morgan fingerprint density at radius 1 is 1.10 bits per heavy atom. The Labute approximate surface area is 125 Å². The van der Waals surface area contributed by atoms with Crippen LogP contribution in [0.5, 0.6) is 0 Å². The Bertz CT molecular complexity index is 772. The van der Waals surface area contributed by atoms with Crippen LogP contribution in [0, 0.1) is 0 Å². The molecule has 20 heavy (non-hydrogen) atoms. The molecular formula is C14H10ClN3OS. The number of thiocarbonyl (C=S) groups is 1. The van der Waals surface area contributed by atoms with Crippen molar-refractivity contribution in [3.8, 4) is 0 Å². The van der Waals surface area contributed by atoms with Gasteiger partial charge in [-0.25, -0.2) is 0 Å². The Hall–Kier alpha value is -2.11. The monoisotopic (exact) mass is 303 g/mol. The molecule has 6 heteroatoms. The average Bonchev–Trinajstić information content (AvgIpc) is 2.86. The highest BCUT2D eigenvalue weighted by atomic mass is 35.5. The molecule has 2 N–H and O–H groups in total. The molecule has 0 amide bonds. The summed E-state index contributed by atoms with van der Waals surface area (Å²) in [4.78, 5) is 0. The molecule has 3 aromatic rings. The third-order valence-corrected chi connectivity index (χ3v) is 3.14. The van der Waals surface area contributed by atoms with Crippen LogP contribution in [0.1, 0.15) is 0 Å².